The normalized spacial score (nSPS) is 13.6. The molecule has 1 aromatic heterocycles. The van der Waals surface area contributed by atoms with Crippen molar-refractivity contribution in [2.45, 2.75) is 31.6 Å². The third-order valence-corrected chi connectivity index (χ3v) is 4.72. The second kappa shape index (κ2) is 9.49. The van der Waals surface area contributed by atoms with Crippen LogP contribution in [0.5, 0.6) is 5.75 Å². The van der Waals surface area contributed by atoms with E-state index in [9.17, 15) is 0 Å². The first kappa shape index (κ1) is 19.3. The summed E-state index contributed by atoms with van der Waals surface area (Å²) in [4.78, 5) is 4.26. The summed E-state index contributed by atoms with van der Waals surface area (Å²) in [5.41, 5.74) is 1.54. The maximum atomic E-state index is 6.30. The first-order chi connectivity index (χ1) is 12.7. The molecule has 1 aromatic carbocycles. The van der Waals surface area contributed by atoms with Crippen molar-refractivity contribution in [2.24, 2.45) is 4.99 Å². The summed E-state index contributed by atoms with van der Waals surface area (Å²) in [6.07, 6.45) is 3.70. The molecule has 5 nitrogen and oxygen atoms in total. The lowest BCUT2D eigenvalue weighted by molar-refractivity contribution is 0.303. The number of nitrogens with zero attached hydrogens (tertiary/aromatic N) is 2. The molecule has 0 saturated heterocycles. The van der Waals surface area contributed by atoms with Gasteiger partial charge in [-0.2, -0.15) is 0 Å². The van der Waals surface area contributed by atoms with Gasteiger partial charge in [-0.1, -0.05) is 28.4 Å². The van der Waals surface area contributed by atoms with E-state index in [2.05, 4.69) is 10.1 Å². The number of benzene rings is 1. The monoisotopic (exact) mass is 416 g/mol. The number of ether oxygens (including phenoxy) is 2. The standard InChI is InChI=1S/C18H19Cl3N2O3/c19-11-13-10-14(26-23-13)4-2-1-3-6-24-17-15(20)8-12(9-16(17)21)18-22-5-7-25-18/h8-10H,1-7,11H2. The Labute approximate surface area is 167 Å². The molecular weight excluding hydrogens is 399 g/mol. The average Bonchev–Trinajstić information content (AvgIpc) is 3.31. The fraction of sp³-hybridized carbons (Fsp3) is 0.444. The van der Waals surface area contributed by atoms with E-state index in [4.69, 9.17) is 48.8 Å². The number of hydrogen-bond acceptors (Lipinski definition) is 5. The van der Waals surface area contributed by atoms with Crippen LogP contribution in [0, 0.1) is 0 Å². The lowest BCUT2D eigenvalue weighted by atomic mass is 10.1. The number of alkyl halides is 1. The molecule has 1 aliphatic rings. The van der Waals surface area contributed by atoms with Crippen molar-refractivity contribution in [3.63, 3.8) is 0 Å². The molecule has 0 atom stereocenters. The molecule has 0 fully saturated rings. The lowest BCUT2D eigenvalue weighted by Crippen LogP contribution is -2.03. The summed E-state index contributed by atoms with van der Waals surface area (Å²) >= 11 is 18.3. The third kappa shape index (κ3) is 5.06. The van der Waals surface area contributed by atoms with Gasteiger partial charge in [-0.3, -0.25) is 0 Å². The van der Waals surface area contributed by atoms with Crippen molar-refractivity contribution < 1.29 is 14.0 Å². The van der Waals surface area contributed by atoms with Gasteiger partial charge in [-0.15, -0.1) is 11.6 Å². The summed E-state index contributed by atoms with van der Waals surface area (Å²) in [6, 6.07) is 5.43. The van der Waals surface area contributed by atoms with E-state index < -0.39 is 0 Å². The number of hydrogen-bond donors (Lipinski definition) is 0. The largest absolute Gasteiger partial charge is 0.490 e. The van der Waals surface area contributed by atoms with Crippen LogP contribution in [-0.4, -0.2) is 30.8 Å². The molecule has 0 amide bonds. The van der Waals surface area contributed by atoms with E-state index in [0.717, 1.165) is 42.7 Å². The quantitative estimate of drug-likeness (QED) is 0.411. The Kier molecular flexibility index (Phi) is 7.06. The van der Waals surface area contributed by atoms with Crippen LogP contribution >= 0.6 is 34.8 Å². The number of halogens is 3. The van der Waals surface area contributed by atoms with Crippen molar-refractivity contribution in [3.8, 4) is 5.75 Å². The van der Waals surface area contributed by atoms with Gasteiger partial charge in [0, 0.05) is 18.1 Å². The highest BCUT2D eigenvalue weighted by Gasteiger charge is 2.16. The molecule has 0 unspecified atom stereocenters. The lowest BCUT2D eigenvalue weighted by Gasteiger charge is -2.11. The highest BCUT2D eigenvalue weighted by Crippen LogP contribution is 2.35. The van der Waals surface area contributed by atoms with Gasteiger partial charge in [0.25, 0.3) is 0 Å². The number of unbranched alkanes of at least 4 members (excludes halogenated alkanes) is 2. The van der Waals surface area contributed by atoms with E-state index in [1.54, 1.807) is 12.1 Å². The molecule has 0 radical (unpaired) electrons. The molecule has 8 heteroatoms. The van der Waals surface area contributed by atoms with Crippen LogP contribution in [0.2, 0.25) is 10.0 Å². The van der Waals surface area contributed by atoms with Gasteiger partial charge in [-0.25, -0.2) is 4.99 Å². The predicted octanol–water partition coefficient (Wildman–Crippen LogP) is 5.29. The molecule has 0 spiro atoms. The van der Waals surface area contributed by atoms with Gasteiger partial charge < -0.3 is 14.0 Å². The Morgan fingerprint density at radius 3 is 2.54 bits per heavy atom. The van der Waals surface area contributed by atoms with Crippen molar-refractivity contribution in [2.75, 3.05) is 19.8 Å². The van der Waals surface area contributed by atoms with E-state index in [-0.39, 0.29) is 0 Å². The van der Waals surface area contributed by atoms with Gasteiger partial charge in [0.05, 0.1) is 34.8 Å². The molecule has 3 rings (SSSR count). The van der Waals surface area contributed by atoms with Crippen LogP contribution in [-0.2, 0) is 17.0 Å². The Morgan fingerprint density at radius 2 is 1.88 bits per heavy atom. The molecular formula is C18H19Cl3N2O3. The first-order valence-corrected chi connectivity index (χ1v) is 9.76. The molecule has 26 heavy (non-hydrogen) atoms. The zero-order valence-electron chi connectivity index (χ0n) is 14.1. The van der Waals surface area contributed by atoms with E-state index in [1.807, 2.05) is 6.07 Å². The minimum atomic E-state index is 0.372. The molecule has 0 N–H and O–H groups in total. The van der Waals surface area contributed by atoms with Crippen LogP contribution in [0.1, 0.15) is 36.3 Å². The maximum Gasteiger partial charge on any atom is 0.216 e. The van der Waals surface area contributed by atoms with Crippen LogP contribution < -0.4 is 4.74 Å². The van der Waals surface area contributed by atoms with Gasteiger partial charge >= 0.3 is 0 Å². The van der Waals surface area contributed by atoms with Crippen molar-refractivity contribution in [3.05, 3.63) is 45.3 Å². The fourth-order valence-corrected chi connectivity index (χ4v) is 3.34. The van der Waals surface area contributed by atoms with Crippen molar-refractivity contribution in [1.82, 2.24) is 5.16 Å². The van der Waals surface area contributed by atoms with Crippen LogP contribution in [0.25, 0.3) is 0 Å². The summed E-state index contributed by atoms with van der Waals surface area (Å²) in [6.45, 7) is 1.79. The predicted molar refractivity (Wildman–Crippen MR) is 103 cm³/mol. The number of aromatic nitrogens is 1. The molecule has 0 saturated carbocycles. The van der Waals surface area contributed by atoms with E-state index in [0.29, 0.717) is 47.3 Å². The average molecular weight is 418 g/mol. The zero-order chi connectivity index (χ0) is 18.4. The number of rotatable bonds is 9. The van der Waals surface area contributed by atoms with Gasteiger partial charge in [0.15, 0.2) is 5.75 Å². The van der Waals surface area contributed by atoms with Crippen LogP contribution in [0.3, 0.4) is 0 Å². The summed E-state index contributed by atoms with van der Waals surface area (Å²) in [5.74, 6) is 2.31. The zero-order valence-corrected chi connectivity index (χ0v) is 16.4. The van der Waals surface area contributed by atoms with E-state index in [1.165, 1.54) is 0 Å². The molecule has 2 heterocycles. The Balaban J connectivity index is 1.43. The van der Waals surface area contributed by atoms with E-state index >= 15 is 0 Å². The molecule has 2 aromatic rings. The summed E-state index contributed by atoms with van der Waals surface area (Å²) < 4.78 is 16.4. The van der Waals surface area contributed by atoms with Gasteiger partial charge in [-0.05, 0) is 31.4 Å². The topological polar surface area (TPSA) is 56.9 Å². The van der Waals surface area contributed by atoms with Crippen LogP contribution in [0.15, 0.2) is 27.7 Å². The number of aryl methyl sites for hydroxylation is 1. The third-order valence-electron chi connectivity index (χ3n) is 3.89. The molecule has 140 valence electrons. The molecule has 0 aliphatic carbocycles. The second-order valence-electron chi connectivity index (χ2n) is 5.88. The summed E-state index contributed by atoms with van der Waals surface area (Å²) in [7, 11) is 0. The summed E-state index contributed by atoms with van der Waals surface area (Å²) in [5, 5.41) is 4.78. The Bertz CT molecular complexity index is 754. The number of aliphatic imine (C=N–C) groups is 1. The second-order valence-corrected chi connectivity index (χ2v) is 6.96. The maximum absolute atomic E-state index is 6.30. The minimum absolute atomic E-state index is 0.372. The molecule has 0 bridgehead atoms. The van der Waals surface area contributed by atoms with Gasteiger partial charge in [0.1, 0.15) is 12.4 Å². The Morgan fingerprint density at radius 1 is 1.08 bits per heavy atom. The highest BCUT2D eigenvalue weighted by molar-refractivity contribution is 6.37. The first-order valence-electron chi connectivity index (χ1n) is 8.47. The van der Waals surface area contributed by atoms with Crippen molar-refractivity contribution in [1.29, 1.82) is 0 Å². The SMILES string of the molecule is ClCc1cc(CCCCCOc2c(Cl)cc(C3=NCCO3)cc2Cl)on1. The Hall–Kier alpha value is -1.43. The smallest absolute Gasteiger partial charge is 0.216 e. The fourth-order valence-electron chi connectivity index (χ4n) is 2.62. The van der Waals surface area contributed by atoms with Gasteiger partial charge in [0.2, 0.25) is 5.90 Å². The highest BCUT2D eigenvalue weighted by atomic mass is 35.5. The molecule has 1 aliphatic heterocycles. The van der Waals surface area contributed by atoms with Crippen LogP contribution in [0.4, 0.5) is 0 Å². The van der Waals surface area contributed by atoms with Crippen molar-refractivity contribution >= 4 is 40.7 Å². The minimum Gasteiger partial charge on any atom is -0.490 e.